The van der Waals surface area contributed by atoms with Crippen LogP contribution in [0.2, 0.25) is 0 Å². The van der Waals surface area contributed by atoms with Gasteiger partial charge in [0.15, 0.2) is 5.76 Å². The highest BCUT2D eigenvalue weighted by Gasteiger charge is 2.36. The van der Waals surface area contributed by atoms with Gasteiger partial charge in [-0.15, -0.1) is 0 Å². The zero-order valence-electron chi connectivity index (χ0n) is 10.7. The maximum atomic E-state index is 12.2. The minimum atomic E-state index is -3.98. The van der Waals surface area contributed by atoms with Crippen molar-refractivity contribution in [3.05, 3.63) is 17.6 Å². The smallest absolute Gasteiger partial charge is 0.326 e. The van der Waals surface area contributed by atoms with Gasteiger partial charge in [0.2, 0.25) is 10.0 Å². The van der Waals surface area contributed by atoms with Crippen LogP contribution >= 0.6 is 0 Å². The zero-order chi connectivity index (χ0) is 15.1. The van der Waals surface area contributed by atoms with Crippen molar-refractivity contribution in [3.8, 4) is 0 Å². The minimum absolute atomic E-state index is 0.00178. The van der Waals surface area contributed by atoms with Crippen LogP contribution in [0.1, 0.15) is 29.2 Å². The molecule has 3 N–H and O–H groups in total. The number of aliphatic carboxylic acids is 1. The van der Waals surface area contributed by atoms with Crippen LogP contribution in [0.3, 0.4) is 0 Å². The van der Waals surface area contributed by atoms with Crippen molar-refractivity contribution in [1.82, 2.24) is 4.90 Å². The Bertz CT molecular complexity index is 662. The van der Waals surface area contributed by atoms with E-state index in [0.717, 1.165) is 11.0 Å². The van der Waals surface area contributed by atoms with Crippen molar-refractivity contribution < 1.29 is 27.5 Å². The first-order chi connectivity index (χ1) is 9.21. The highest BCUT2D eigenvalue weighted by Crippen LogP contribution is 2.24. The first kappa shape index (κ1) is 14.5. The van der Waals surface area contributed by atoms with E-state index in [-0.39, 0.29) is 16.4 Å². The molecule has 1 aromatic heterocycles. The molecular formula is C11H14N2O6S. The summed E-state index contributed by atoms with van der Waals surface area (Å²) in [5.74, 6) is -1.96. The van der Waals surface area contributed by atoms with E-state index >= 15 is 0 Å². The van der Waals surface area contributed by atoms with Gasteiger partial charge >= 0.3 is 5.97 Å². The molecular weight excluding hydrogens is 288 g/mol. The Kier molecular flexibility index (Phi) is 3.57. The standard InChI is InChI=1S/C11H14N2O6S/c1-6-9(20(12,17)18)5-8(19-6)10(14)13-4-2-3-7(13)11(15)16/h5,7H,2-4H2,1H3,(H,15,16)(H2,12,17,18)/t7-/m1/s1. The largest absolute Gasteiger partial charge is 0.480 e. The van der Waals surface area contributed by atoms with Gasteiger partial charge in [-0.25, -0.2) is 18.4 Å². The molecule has 0 aromatic carbocycles. The fourth-order valence-electron chi connectivity index (χ4n) is 2.26. The molecule has 1 amide bonds. The molecule has 0 bridgehead atoms. The molecule has 9 heteroatoms. The summed E-state index contributed by atoms with van der Waals surface area (Å²) in [6, 6.07) is 0.121. The summed E-state index contributed by atoms with van der Waals surface area (Å²) in [5, 5.41) is 14.0. The Morgan fingerprint density at radius 2 is 2.15 bits per heavy atom. The fraction of sp³-hybridized carbons (Fsp3) is 0.455. The van der Waals surface area contributed by atoms with Crippen LogP contribution < -0.4 is 5.14 Å². The molecule has 1 aromatic rings. The molecule has 8 nitrogen and oxygen atoms in total. The second-order valence-corrected chi connectivity index (χ2v) is 6.10. The van der Waals surface area contributed by atoms with Crippen LogP contribution in [0.4, 0.5) is 0 Å². The van der Waals surface area contributed by atoms with Gasteiger partial charge in [0.05, 0.1) is 0 Å². The fourth-order valence-corrected chi connectivity index (χ4v) is 2.97. The highest BCUT2D eigenvalue weighted by molar-refractivity contribution is 7.89. The lowest BCUT2D eigenvalue weighted by molar-refractivity contribution is -0.141. The Morgan fingerprint density at radius 1 is 1.50 bits per heavy atom. The summed E-state index contributed by atoms with van der Waals surface area (Å²) in [5.41, 5.74) is 0. The molecule has 1 saturated heterocycles. The van der Waals surface area contributed by atoms with E-state index in [1.54, 1.807) is 0 Å². The lowest BCUT2D eigenvalue weighted by Gasteiger charge is -2.19. The molecule has 20 heavy (non-hydrogen) atoms. The molecule has 1 atom stereocenters. The molecule has 1 aliphatic rings. The van der Waals surface area contributed by atoms with Crippen LogP contribution in [0.5, 0.6) is 0 Å². The Balaban J connectivity index is 2.33. The number of likely N-dealkylation sites (tertiary alicyclic amines) is 1. The normalized spacial score (nSPS) is 19.3. The molecule has 0 spiro atoms. The van der Waals surface area contributed by atoms with Gasteiger partial charge in [-0.1, -0.05) is 0 Å². The second kappa shape index (κ2) is 4.91. The topological polar surface area (TPSA) is 131 Å². The number of carboxylic acids is 1. The van der Waals surface area contributed by atoms with Crippen molar-refractivity contribution >= 4 is 21.9 Å². The lowest BCUT2D eigenvalue weighted by atomic mass is 10.2. The number of hydrogen-bond acceptors (Lipinski definition) is 5. The van der Waals surface area contributed by atoms with Gasteiger partial charge in [-0.2, -0.15) is 0 Å². The molecule has 1 fully saturated rings. The Hall–Kier alpha value is -1.87. The van der Waals surface area contributed by atoms with Crippen molar-refractivity contribution in [2.24, 2.45) is 5.14 Å². The third kappa shape index (κ3) is 2.54. The van der Waals surface area contributed by atoms with Gasteiger partial charge in [0.1, 0.15) is 16.7 Å². The van der Waals surface area contributed by atoms with Crippen molar-refractivity contribution in [2.45, 2.75) is 30.7 Å². The number of primary sulfonamides is 1. The summed E-state index contributed by atoms with van der Waals surface area (Å²) in [4.78, 5) is 24.1. The van der Waals surface area contributed by atoms with E-state index in [4.69, 9.17) is 14.7 Å². The van der Waals surface area contributed by atoms with Gasteiger partial charge in [0.25, 0.3) is 5.91 Å². The monoisotopic (exact) mass is 302 g/mol. The first-order valence-corrected chi connectivity index (χ1v) is 7.43. The Labute approximate surface area is 115 Å². The average molecular weight is 302 g/mol. The lowest BCUT2D eigenvalue weighted by Crippen LogP contribution is -2.40. The number of hydrogen-bond donors (Lipinski definition) is 2. The van der Waals surface area contributed by atoms with Crippen LogP contribution in [0.15, 0.2) is 15.4 Å². The zero-order valence-corrected chi connectivity index (χ0v) is 11.5. The summed E-state index contributed by atoms with van der Waals surface area (Å²) >= 11 is 0. The molecule has 2 heterocycles. The summed E-state index contributed by atoms with van der Waals surface area (Å²) in [7, 11) is -3.98. The number of carbonyl (C=O) groups excluding carboxylic acids is 1. The maximum Gasteiger partial charge on any atom is 0.326 e. The predicted octanol–water partition coefficient (Wildman–Crippen LogP) is -0.0754. The van der Waals surface area contributed by atoms with Gasteiger partial charge < -0.3 is 14.4 Å². The molecule has 110 valence electrons. The van der Waals surface area contributed by atoms with E-state index in [1.165, 1.54) is 6.92 Å². The third-order valence-corrected chi connectivity index (χ3v) is 4.21. The molecule has 0 aliphatic carbocycles. The molecule has 0 unspecified atom stereocenters. The second-order valence-electron chi connectivity index (χ2n) is 4.57. The van der Waals surface area contributed by atoms with Crippen molar-refractivity contribution in [2.75, 3.05) is 6.54 Å². The maximum absolute atomic E-state index is 12.2. The third-order valence-electron chi connectivity index (χ3n) is 3.19. The number of nitrogens with zero attached hydrogens (tertiary/aromatic N) is 1. The van der Waals surface area contributed by atoms with E-state index in [2.05, 4.69) is 0 Å². The number of rotatable bonds is 3. The predicted molar refractivity (Wildman–Crippen MR) is 66.5 cm³/mol. The number of aryl methyl sites for hydroxylation is 1. The van der Waals surface area contributed by atoms with E-state index < -0.39 is 27.9 Å². The summed E-state index contributed by atoms with van der Waals surface area (Å²) < 4.78 is 27.7. The molecule has 0 saturated carbocycles. The van der Waals surface area contributed by atoms with E-state index in [9.17, 15) is 18.0 Å². The van der Waals surface area contributed by atoms with Crippen LogP contribution in [0, 0.1) is 6.92 Å². The molecule has 1 aliphatic heterocycles. The quantitative estimate of drug-likeness (QED) is 0.803. The average Bonchev–Trinajstić information content (AvgIpc) is 2.92. The Morgan fingerprint density at radius 3 is 2.65 bits per heavy atom. The van der Waals surface area contributed by atoms with Crippen LogP contribution in [0.25, 0.3) is 0 Å². The van der Waals surface area contributed by atoms with Crippen molar-refractivity contribution in [3.63, 3.8) is 0 Å². The SMILES string of the molecule is Cc1oc(C(=O)N2CCC[C@@H]2C(=O)O)cc1S(N)(=O)=O. The summed E-state index contributed by atoms with van der Waals surface area (Å²) in [6.07, 6.45) is 0.938. The number of sulfonamides is 1. The van der Waals surface area contributed by atoms with Crippen LogP contribution in [-0.2, 0) is 14.8 Å². The number of carboxylic acid groups (broad SMARTS) is 1. The van der Waals surface area contributed by atoms with Gasteiger partial charge in [0, 0.05) is 12.6 Å². The van der Waals surface area contributed by atoms with Gasteiger partial charge in [-0.05, 0) is 19.8 Å². The van der Waals surface area contributed by atoms with E-state index in [1.807, 2.05) is 0 Å². The minimum Gasteiger partial charge on any atom is -0.480 e. The van der Waals surface area contributed by atoms with Gasteiger partial charge in [-0.3, -0.25) is 4.79 Å². The highest BCUT2D eigenvalue weighted by atomic mass is 32.2. The molecule has 2 rings (SSSR count). The number of amides is 1. The molecule has 0 radical (unpaired) electrons. The number of furan rings is 1. The number of nitrogens with two attached hydrogens (primary N) is 1. The van der Waals surface area contributed by atoms with Crippen LogP contribution in [-0.4, -0.2) is 42.9 Å². The van der Waals surface area contributed by atoms with E-state index in [0.29, 0.717) is 19.4 Å². The van der Waals surface area contributed by atoms with Crippen molar-refractivity contribution in [1.29, 1.82) is 0 Å². The summed E-state index contributed by atoms with van der Waals surface area (Å²) in [6.45, 7) is 1.66. The number of carbonyl (C=O) groups is 2. The first-order valence-electron chi connectivity index (χ1n) is 5.89.